The van der Waals surface area contributed by atoms with Crippen LogP contribution in [-0.4, -0.2) is 71.5 Å². The number of nitrogens with zero attached hydrogens (tertiary/aromatic N) is 4. The van der Waals surface area contributed by atoms with E-state index < -0.39 is 12.1 Å². The van der Waals surface area contributed by atoms with Crippen molar-refractivity contribution in [1.29, 1.82) is 0 Å². The number of methoxy groups -OCH3 is 1. The maximum absolute atomic E-state index is 13.6. The van der Waals surface area contributed by atoms with Crippen molar-refractivity contribution in [3.05, 3.63) is 102 Å². The molecule has 2 N–H and O–H groups in total. The fraction of sp³-hybridized carbons (Fsp3) is 0.435. The van der Waals surface area contributed by atoms with Crippen molar-refractivity contribution in [2.24, 2.45) is 39.6 Å². The Labute approximate surface area is 329 Å². The van der Waals surface area contributed by atoms with Crippen molar-refractivity contribution in [3.63, 3.8) is 0 Å². The number of fused-ring (bicyclic) bond motifs is 2. The maximum Gasteiger partial charge on any atom is 0.407 e. The zero-order valence-corrected chi connectivity index (χ0v) is 32.6. The van der Waals surface area contributed by atoms with E-state index in [0.29, 0.717) is 31.3 Å². The van der Waals surface area contributed by atoms with E-state index >= 15 is 0 Å². The van der Waals surface area contributed by atoms with Crippen LogP contribution in [0.2, 0.25) is 0 Å². The molecule has 0 radical (unpaired) electrons. The van der Waals surface area contributed by atoms with Gasteiger partial charge >= 0.3 is 6.09 Å². The second-order valence-electron chi connectivity index (χ2n) is 16.4. The molecule has 3 amide bonds. The van der Waals surface area contributed by atoms with Crippen molar-refractivity contribution < 1.29 is 19.1 Å². The Kier molecular flexibility index (Phi) is 11.0. The molecule has 2 saturated carbocycles. The number of allylic oxidation sites excluding steroid dienone is 2. The number of carbonyl (C=O) groups is 3. The molecule has 1 aromatic heterocycles. The summed E-state index contributed by atoms with van der Waals surface area (Å²) >= 11 is 0. The SMILES string of the molecule is COC(=O)N[C@H](C(=O)N1CCC[C@H]1C1=NC=C(c2ccc(-c3ccc(C4=CN=C(C5C6CCC(C6)[C@@H]5C(=O)NCCc5ccccn5)C4)cc3)cc2)C1)C(C)C. The molecule has 3 unspecified atom stereocenters. The van der Waals surface area contributed by atoms with Crippen LogP contribution in [0.15, 0.2) is 95.3 Å². The minimum absolute atomic E-state index is 0.00778. The number of ether oxygens (including phenoxy) is 1. The monoisotopic (exact) mass is 752 g/mol. The van der Waals surface area contributed by atoms with Crippen LogP contribution in [0.25, 0.3) is 22.3 Å². The molecule has 8 rings (SSSR count). The van der Waals surface area contributed by atoms with Crippen LogP contribution in [0.1, 0.15) is 75.6 Å². The second kappa shape index (κ2) is 16.4. The quantitative estimate of drug-likeness (QED) is 0.198. The molecular formula is C46H52N6O4. The summed E-state index contributed by atoms with van der Waals surface area (Å²) in [7, 11) is 1.31. The summed E-state index contributed by atoms with van der Waals surface area (Å²) in [4.78, 5) is 55.1. The third-order valence-corrected chi connectivity index (χ3v) is 12.7. The fourth-order valence-electron chi connectivity index (χ4n) is 9.79. The van der Waals surface area contributed by atoms with Crippen molar-refractivity contribution in [2.45, 2.75) is 77.3 Å². The molecule has 1 saturated heterocycles. The number of nitrogens with one attached hydrogen (secondary N) is 2. The van der Waals surface area contributed by atoms with Crippen molar-refractivity contribution in [1.82, 2.24) is 20.5 Å². The third kappa shape index (κ3) is 7.71. The number of aromatic nitrogens is 1. The minimum Gasteiger partial charge on any atom is -0.453 e. The average Bonchev–Trinajstić information content (AvgIpc) is 4.09. The molecule has 56 heavy (non-hydrogen) atoms. The highest BCUT2D eigenvalue weighted by molar-refractivity contribution is 6.04. The normalized spacial score (nSPS) is 24.4. The first-order chi connectivity index (χ1) is 27.3. The predicted molar refractivity (Wildman–Crippen MR) is 220 cm³/mol. The Bertz CT molecular complexity index is 2070. The highest BCUT2D eigenvalue weighted by Gasteiger charge is 2.52. The van der Waals surface area contributed by atoms with E-state index in [-0.39, 0.29) is 35.6 Å². The summed E-state index contributed by atoms with van der Waals surface area (Å²) in [5.74, 6) is 1.25. The van der Waals surface area contributed by atoms with Gasteiger partial charge in [-0.05, 0) is 95.4 Å². The standard InChI is InChI=1S/C46H52N6O4/c1-28(2)43(51-46(55)56-3)45(54)52-22-6-8-40(52)38-24-35(26-49-38)31-13-9-29(10-14-31)30-11-15-32(16-12-30)36-25-39(50-27-36)41-33-17-18-34(23-33)42(41)44(53)48-21-19-37-7-4-5-20-47-37/h4-5,7,9-16,20,26-28,33-34,40-43H,6,8,17-19,21-25H2,1-3H3,(H,48,53)(H,51,55)/t33?,34?,40-,41?,42-,43-/m0/s1. The van der Waals surface area contributed by atoms with Crippen molar-refractivity contribution >= 4 is 40.5 Å². The lowest BCUT2D eigenvalue weighted by molar-refractivity contribution is -0.134. The van der Waals surface area contributed by atoms with E-state index in [9.17, 15) is 14.4 Å². The Morgan fingerprint density at radius 1 is 0.821 bits per heavy atom. The summed E-state index contributed by atoms with van der Waals surface area (Å²) in [5.41, 5.74) is 10.1. The molecule has 290 valence electrons. The lowest BCUT2D eigenvalue weighted by Crippen LogP contribution is -2.53. The molecular weight excluding hydrogens is 701 g/mol. The zero-order chi connectivity index (χ0) is 38.8. The molecule has 4 heterocycles. The number of benzene rings is 2. The van der Waals surface area contributed by atoms with Crippen LogP contribution >= 0.6 is 0 Å². The lowest BCUT2D eigenvalue weighted by atomic mass is 9.75. The van der Waals surface area contributed by atoms with Crippen LogP contribution in [0.4, 0.5) is 4.79 Å². The van der Waals surface area contributed by atoms with Crippen LogP contribution in [0, 0.1) is 29.6 Å². The third-order valence-electron chi connectivity index (χ3n) is 12.7. The van der Waals surface area contributed by atoms with Gasteiger partial charge in [0.25, 0.3) is 0 Å². The first-order valence-corrected chi connectivity index (χ1v) is 20.3. The van der Waals surface area contributed by atoms with Gasteiger partial charge in [0.2, 0.25) is 11.8 Å². The van der Waals surface area contributed by atoms with Gasteiger partial charge in [0.05, 0.1) is 13.2 Å². The number of hydrogen-bond donors (Lipinski definition) is 2. The van der Waals surface area contributed by atoms with Gasteiger partial charge in [0.15, 0.2) is 0 Å². The number of amides is 3. The Morgan fingerprint density at radius 2 is 1.46 bits per heavy atom. The molecule has 3 fully saturated rings. The number of pyridine rings is 1. The number of alkyl carbamates (subject to hydrolysis) is 1. The van der Waals surface area contributed by atoms with Gasteiger partial charge < -0.3 is 20.3 Å². The Morgan fingerprint density at radius 3 is 2.11 bits per heavy atom. The van der Waals surface area contributed by atoms with E-state index in [1.165, 1.54) is 30.4 Å². The van der Waals surface area contributed by atoms with Gasteiger partial charge in [-0.3, -0.25) is 24.6 Å². The van der Waals surface area contributed by atoms with Gasteiger partial charge in [-0.1, -0.05) is 68.4 Å². The first kappa shape index (κ1) is 37.5. The summed E-state index contributed by atoms with van der Waals surface area (Å²) in [5, 5.41) is 5.97. The number of likely N-dealkylation sites (tertiary alicyclic amines) is 1. The van der Waals surface area contributed by atoms with Crippen LogP contribution < -0.4 is 10.6 Å². The summed E-state index contributed by atoms with van der Waals surface area (Å²) in [6.45, 7) is 5.11. The topological polar surface area (TPSA) is 125 Å². The fourth-order valence-corrected chi connectivity index (χ4v) is 9.79. The molecule has 0 spiro atoms. The van der Waals surface area contributed by atoms with Gasteiger partial charge in [0.1, 0.15) is 6.04 Å². The van der Waals surface area contributed by atoms with Crippen LogP contribution in [0.3, 0.4) is 0 Å². The number of aliphatic imine (C=N–C) groups is 2. The van der Waals surface area contributed by atoms with Crippen molar-refractivity contribution in [2.75, 3.05) is 20.2 Å². The smallest absolute Gasteiger partial charge is 0.407 e. The van der Waals surface area contributed by atoms with E-state index in [1.807, 2.05) is 49.3 Å². The largest absolute Gasteiger partial charge is 0.453 e. The highest BCUT2D eigenvalue weighted by atomic mass is 16.5. The van der Waals surface area contributed by atoms with Gasteiger partial charge in [-0.2, -0.15) is 0 Å². The summed E-state index contributed by atoms with van der Waals surface area (Å²) in [6, 6.07) is 22.6. The van der Waals surface area contributed by atoms with E-state index in [2.05, 4.69) is 64.1 Å². The molecule has 10 nitrogen and oxygen atoms in total. The van der Waals surface area contributed by atoms with Gasteiger partial charge in [-0.25, -0.2) is 4.79 Å². The Hall–Kier alpha value is -5.38. The number of hydrogen-bond acceptors (Lipinski definition) is 7. The average molecular weight is 753 g/mol. The van der Waals surface area contributed by atoms with Crippen molar-refractivity contribution in [3.8, 4) is 11.1 Å². The highest BCUT2D eigenvalue weighted by Crippen LogP contribution is 2.54. The minimum atomic E-state index is -0.645. The molecule has 2 aromatic carbocycles. The molecule has 3 aromatic rings. The molecule has 10 heteroatoms. The van der Waals surface area contributed by atoms with E-state index in [0.717, 1.165) is 72.2 Å². The predicted octanol–water partition coefficient (Wildman–Crippen LogP) is 7.51. The molecule has 6 atom stereocenters. The molecule has 2 aliphatic carbocycles. The van der Waals surface area contributed by atoms with Crippen LogP contribution in [-0.2, 0) is 20.7 Å². The van der Waals surface area contributed by atoms with E-state index in [4.69, 9.17) is 14.7 Å². The second-order valence-corrected chi connectivity index (χ2v) is 16.4. The number of rotatable bonds is 12. The van der Waals surface area contributed by atoms with Crippen LogP contribution in [0.5, 0.6) is 0 Å². The molecule has 5 aliphatic rings. The molecule has 3 aliphatic heterocycles. The molecule has 2 bridgehead atoms. The van der Waals surface area contributed by atoms with Gasteiger partial charge in [-0.15, -0.1) is 0 Å². The summed E-state index contributed by atoms with van der Waals surface area (Å²) in [6.07, 6.45) is 12.6. The Balaban J connectivity index is 0.853. The maximum atomic E-state index is 13.6. The number of carbonyl (C=O) groups excluding carboxylic acids is 3. The zero-order valence-electron chi connectivity index (χ0n) is 32.6. The lowest BCUT2D eigenvalue weighted by Gasteiger charge is -2.31. The van der Waals surface area contributed by atoms with E-state index in [1.54, 1.807) is 6.20 Å². The van der Waals surface area contributed by atoms with Gasteiger partial charge in [0, 0.05) is 79.9 Å². The first-order valence-electron chi connectivity index (χ1n) is 20.3. The summed E-state index contributed by atoms with van der Waals surface area (Å²) < 4.78 is 4.78.